The van der Waals surface area contributed by atoms with Gasteiger partial charge in [-0.1, -0.05) is 6.92 Å². The van der Waals surface area contributed by atoms with Gasteiger partial charge in [0.05, 0.1) is 4.47 Å². The topological polar surface area (TPSA) is 20.2 Å². The Morgan fingerprint density at radius 3 is 2.92 bits per heavy atom. The van der Waals surface area contributed by atoms with Crippen LogP contribution in [0.2, 0.25) is 0 Å². The predicted molar refractivity (Wildman–Crippen MR) is 60.6 cm³/mol. The third kappa shape index (κ3) is 1.46. The van der Waals surface area contributed by atoms with E-state index in [1.54, 1.807) is 11.3 Å². The molecule has 2 aromatic rings. The molecule has 68 valence electrons. The average molecular weight is 257 g/mol. The molecule has 0 amide bonds. The summed E-state index contributed by atoms with van der Waals surface area (Å²) in [7, 11) is 0. The molecule has 0 saturated heterocycles. The summed E-state index contributed by atoms with van der Waals surface area (Å²) in [6.07, 6.45) is 1.02. The lowest BCUT2D eigenvalue weighted by atomic mass is 10.2. The summed E-state index contributed by atoms with van der Waals surface area (Å²) < 4.78 is 1.91. The Kier molecular flexibility index (Phi) is 2.30. The van der Waals surface area contributed by atoms with E-state index in [-0.39, 0.29) is 0 Å². The normalized spacial score (nSPS) is 10.9. The molecule has 0 fully saturated rings. The number of thiophene rings is 1. The molecule has 13 heavy (non-hydrogen) atoms. The van der Waals surface area contributed by atoms with Crippen molar-refractivity contribution in [2.45, 2.75) is 13.3 Å². The summed E-state index contributed by atoms with van der Waals surface area (Å²) in [5.74, 6) is 0.355. The fourth-order valence-corrected chi connectivity index (χ4v) is 2.65. The van der Waals surface area contributed by atoms with Crippen molar-refractivity contribution in [3.63, 3.8) is 0 Å². The number of rotatable bonds is 1. The zero-order valence-electron chi connectivity index (χ0n) is 7.17. The van der Waals surface area contributed by atoms with Crippen molar-refractivity contribution in [3.8, 4) is 5.75 Å². The van der Waals surface area contributed by atoms with Crippen LogP contribution in [0.4, 0.5) is 0 Å². The minimum Gasteiger partial charge on any atom is -0.506 e. The molecule has 0 aliphatic heterocycles. The molecule has 0 radical (unpaired) electrons. The van der Waals surface area contributed by atoms with E-state index < -0.39 is 0 Å². The Labute approximate surface area is 89.1 Å². The van der Waals surface area contributed by atoms with Crippen LogP contribution in [-0.4, -0.2) is 5.11 Å². The van der Waals surface area contributed by atoms with Crippen molar-refractivity contribution >= 4 is 37.4 Å². The molecular weight excluding hydrogens is 248 g/mol. The molecule has 0 unspecified atom stereocenters. The molecule has 1 heterocycles. The van der Waals surface area contributed by atoms with E-state index in [1.807, 2.05) is 12.1 Å². The third-order valence-electron chi connectivity index (χ3n) is 2.02. The van der Waals surface area contributed by atoms with Crippen LogP contribution >= 0.6 is 27.3 Å². The minimum absolute atomic E-state index is 0.355. The molecule has 3 heteroatoms. The van der Waals surface area contributed by atoms with Gasteiger partial charge in [-0.3, -0.25) is 0 Å². The zero-order valence-corrected chi connectivity index (χ0v) is 9.58. The Bertz CT molecular complexity index is 447. The van der Waals surface area contributed by atoms with Crippen molar-refractivity contribution in [1.82, 2.24) is 0 Å². The van der Waals surface area contributed by atoms with Gasteiger partial charge in [0, 0.05) is 15.0 Å². The van der Waals surface area contributed by atoms with Gasteiger partial charge in [-0.2, -0.15) is 0 Å². The predicted octanol–water partition coefficient (Wildman–Crippen LogP) is 3.93. The van der Waals surface area contributed by atoms with Crippen LogP contribution in [-0.2, 0) is 6.42 Å². The van der Waals surface area contributed by atoms with Crippen molar-refractivity contribution in [2.75, 3.05) is 0 Å². The van der Waals surface area contributed by atoms with Crippen LogP contribution in [0.3, 0.4) is 0 Å². The number of aromatic hydroxyl groups is 1. The second-order valence-corrected chi connectivity index (χ2v) is 4.90. The number of halogens is 1. The van der Waals surface area contributed by atoms with Crippen LogP contribution in [0.15, 0.2) is 22.7 Å². The van der Waals surface area contributed by atoms with Crippen molar-refractivity contribution in [2.24, 2.45) is 0 Å². The molecule has 1 N–H and O–H groups in total. The van der Waals surface area contributed by atoms with Gasteiger partial charge in [0.2, 0.25) is 0 Å². The number of aryl methyl sites for hydroxylation is 1. The second kappa shape index (κ2) is 3.31. The fourth-order valence-electron chi connectivity index (χ4n) is 1.30. The number of benzene rings is 1. The third-order valence-corrected chi connectivity index (χ3v) is 3.91. The van der Waals surface area contributed by atoms with Crippen LogP contribution in [0.1, 0.15) is 11.8 Å². The maximum absolute atomic E-state index is 9.73. The van der Waals surface area contributed by atoms with Crippen molar-refractivity contribution in [3.05, 3.63) is 27.5 Å². The number of fused-ring (bicyclic) bond motifs is 1. The molecule has 0 saturated carbocycles. The highest BCUT2D eigenvalue weighted by atomic mass is 79.9. The van der Waals surface area contributed by atoms with Gasteiger partial charge in [-0.05, 0) is 40.5 Å². The van der Waals surface area contributed by atoms with E-state index in [2.05, 4.69) is 28.9 Å². The highest BCUT2D eigenvalue weighted by Crippen LogP contribution is 2.37. The smallest absolute Gasteiger partial charge is 0.138 e. The van der Waals surface area contributed by atoms with Crippen LogP contribution in [0.25, 0.3) is 10.1 Å². The highest BCUT2D eigenvalue weighted by molar-refractivity contribution is 9.10. The molecule has 0 bridgehead atoms. The summed E-state index contributed by atoms with van der Waals surface area (Å²) in [5.41, 5.74) is 0. The standard InChI is InChI=1S/C10H9BrOS/c1-2-6-5-7-9(13-6)4-3-8(11)10(7)12/h3-5,12H,2H2,1H3. The average Bonchev–Trinajstić information content (AvgIpc) is 2.55. The van der Waals surface area contributed by atoms with E-state index in [0.29, 0.717) is 5.75 Å². The number of phenolic OH excluding ortho intramolecular Hbond substituents is 1. The van der Waals surface area contributed by atoms with Crippen molar-refractivity contribution in [1.29, 1.82) is 0 Å². The van der Waals surface area contributed by atoms with E-state index >= 15 is 0 Å². The molecule has 1 aromatic heterocycles. The molecule has 0 aliphatic carbocycles. The van der Waals surface area contributed by atoms with Gasteiger partial charge in [0.25, 0.3) is 0 Å². The maximum atomic E-state index is 9.73. The molecule has 2 rings (SSSR count). The highest BCUT2D eigenvalue weighted by Gasteiger charge is 2.07. The number of phenols is 1. The summed E-state index contributed by atoms with van der Waals surface area (Å²) in [5, 5.41) is 10.7. The quantitative estimate of drug-likeness (QED) is 0.820. The first-order valence-electron chi connectivity index (χ1n) is 4.12. The molecule has 1 nitrogen and oxygen atoms in total. The summed E-state index contributed by atoms with van der Waals surface area (Å²) in [4.78, 5) is 1.31. The Balaban J connectivity index is 2.76. The SMILES string of the molecule is CCc1cc2c(O)c(Br)ccc2s1. The fraction of sp³-hybridized carbons (Fsp3) is 0.200. The first-order chi connectivity index (χ1) is 6.22. The first-order valence-corrected chi connectivity index (χ1v) is 5.73. The Hall–Kier alpha value is -0.540. The lowest BCUT2D eigenvalue weighted by Crippen LogP contribution is -1.69. The Morgan fingerprint density at radius 1 is 1.46 bits per heavy atom. The van der Waals surface area contributed by atoms with Gasteiger partial charge < -0.3 is 5.11 Å². The van der Waals surface area contributed by atoms with Crippen LogP contribution < -0.4 is 0 Å². The van der Waals surface area contributed by atoms with E-state index in [9.17, 15) is 5.11 Å². The van der Waals surface area contributed by atoms with Crippen LogP contribution in [0.5, 0.6) is 5.75 Å². The summed E-state index contributed by atoms with van der Waals surface area (Å²) in [6.45, 7) is 2.12. The maximum Gasteiger partial charge on any atom is 0.138 e. The van der Waals surface area contributed by atoms with E-state index in [4.69, 9.17) is 0 Å². The lowest BCUT2D eigenvalue weighted by Gasteiger charge is -1.96. The summed E-state index contributed by atoms with van der Waals surface area (Å²) >= 11 is 5.04. The van der Waals surface area contributed by atoms with Crippen molar-refractivity contribution < 1.29 is 5.11 Å². The van der Waals surface area contributed by atoms with E-state index in [0.717, 1.165) is 21.0 Å². The van der Waals surface area contributed by atoms with Gasteiger partial charge in [0.1, 0.15) is 5.75 Å². The van der Waals surface area contributed by atoms with Gasteiger partial charge in [-0.15, -0.1) is 11.3 Å². The van der Waals surface area contributed by atoms with Gasteiger partial charge in [0.15, 0.2) is 0 Å². The molecule has 0 atom stereocenters. The number of hydrogen-bond acceptors (Lipinski definition) is 2. The number of hydrogen-bond donors (Lipinski definition) is 1. The largest absolute Gasteiger partial charge is 0.506 e. The first kappa shape index (κ1) is 9.03. The molecular formula is C10H9BrOS. The minimum atomic E-state index is 0.355. The second-order valence-electron chi connectivity index (χ2n) is 2.87. The lowest BCUT2D eigenvalue weighted by molar-refractivity contribution is 0.478. The Morgan fingerprint density at radius 2 is 2.23 bits per heavy atom. The monoisotopic (exact) mass is 256 g/mol. The van der Waals surface area contributed by atoms with Gasteiger partial charge >= 0.3 is 0 Å². The molecule has 1 aromatic carbocycles. The van der Waals surface area contributed by atoms with Gasteiger partial charge in [-0.25, -0.2) is 0 Å². The zero-order chi connectivity index (χ0) is 9.42. The van der Waals surface area contributed by atoms with E-state index in [1.165, 1.54) is 4.88 Å². The molecule has 0 aliphatic rings. The molecule has 0 spiro atoms. The summed E-state index contributed by atoms with van der Waals surface area (Å²) in [6, 6.07) is 5.97. The van der Waals surface area contributed by atoms with Crippen LogP contribution in [0, 0.1) is 0 Å².